The van der Waals surface area contributed by atoms with Crippen molar-refractivity contribution in [3.63, 3.8) is 0 Å². The van der Waals surface area contributed by atoms with E-state index in [9.17, 15) is 9.18 Å². The molecule has 1 aliphatic rings. The third kappa shape index (κ3) is 2.92. The zero-order valence-electron chi connectivity index (χ0n) is 9.34. The van der Waals surface area contributed by atoms with Gasteiger partial charge in [0.25, 0.3) is 0 Å². The number of halogens is 2. The highest BCUT2D eigenvalue weighted by molar-refractivity contribution is 6.29. The minimum Gasteiger partial charge on any atom is -0.309 e. The van der Waals surface area contributed by atoms with E-state index in [2.05, 4.69) is 15.6 Å². The molecule has 17 heavy (non-hydrogen) atoms. The smallest absolute Gasteiger partial charge is 0.242 e. The summed E-state index contributed by atoms with van der Waals surface area (Å²) in [5, 5.41) is 5.78. The Morgan fingerprint density at radius 3 is 3.06 bits per heavy atom. The fourth-order valence-electron chi connectivity index (χ4n) is 1.73. The molecule has 0 aromatic carbocycles. The van der Waals surface area contributed by atoms with Gasteiger partial charge in [-0.1, -0.05) is 17.7 Å². The van der Waals surface area contributed by atoms with E-state index in [-0.39, 0.29) is 18.9 Å². The average molecular weight is 258 g/mol. The summed E-state index contributed by atoms with van der Waals surface area (Å²) in [6.45, 7) is 2.04. The van der Waals surface area contributed by atoms with Crippen LogP contribution in [-0.4, -0.2) is 29.6 Å². The van der Waals surface area contributed by atoms with Crippen molar-refractivity contribution in [2.24, 2.45) is 0 Å². The second-order valence-corrected chi connectivity index (χ2v) is 4.47. The van der Waals surface area contributed by atoms with Gasteiger partial charge in [-0.05, 0) is 18.6 Å². The number of rotatable bonds is 2. The molecule has 1 aliphatic heterocycles. The molecule has 0 spiro atoms. The maximum Gasteiger partial charge on any atom is 0.242 e. The van der Waals surface area contributed by atoms with E-state index in [0.29, 0.717) is 11.0 Å². The van der Waals surface area contributed by atoms with Crippen molar-refractivity contribution >= 4 is 23.3 Å². The van der Waals surface area contributed by atoms with Crippen LogP contribution in [0.1, 0.15) is 12.0 Å². The Balaban J connectivity index is 2.05. The Morgan fingerprint density at radius 2 is 2.41 bits per heavy atom. The van der Waals surface area contributed by atoms with Crippen molar-refractivity contribution in [1.82, 2.24) is 10.3 Å². The Morgan fingerprint density at radius 1 is 1.65 bits per heavy atom. The molecule has 0 bridgehead atoms. The van der Waals surface area contributed by atoms with Crippen LogP contribution in [0.15, 0.2) is 12.1 Å². The number of amides is 1. The lowest BCUT2D eigenvalue weighted by Crippen LogP contribution is -2.35. The fourth-order valence-corrected chi connectivity index (χ4v) is 1.88. The van der Waals surface area contributed by atoms with Gasteiger partial charge in [-0.3, -0.25) is 4.79 Å². The molecule has 1 aromatic heterocycles. The van der Waals surface area contributed by atoms with E-state index >= 15 is 0 Å². The first kappa shape index (κ1) is 12.3. The van der Waals surface area contributed by atoms with E-state index in [1.165, 1.54) is 0 Å². The van der Waals surface area contributed by atoms with Gasteiger partial charge < -0.3 is 10.6 Å². The predicted octanol–water partition coefficient (Wildman–Crippen LogP) is 1.68. The Kier molecular flexibility index (Phi) is 3.59. The van der Waals surface area contributed by atoms with Crippen LogP contribution >= 0.6 is 11.6 Å². The highest BCUT2D eigenvalue weighted by Crippen LogP contribution is 2.17. The van der Waals surface area contributed by atoms with Crippen molar-refractivity contribution in [2.45, 2.75) is 25.6 Å². The monoisotopic (exact) mass is 257 g/mol. The molecule has 2 N–H and O–H groups in total. The molecule has 0 saturated carbocycles. The summed E-state index contributed by atoms with van der Waals surface area (Å²) >= 11 is 5.75. The number of pyridine rings is 1. The van der Waals surface area contributed by atoms with Gasteiger partial charge in [0.15, 0.2) is 0 Å². The van der Waals surface area contributed by atoms with Gasteiger partial charge in [0.05, 0.1) is 6.04 Å². The molecule has 1 fully saturated rings. The Bertz CT molecular complexity index is 441. The first-order valence-corrected chi connectivity index (χ1v) is 5.75. The van der Waals surface area contributed by atoms with Crippen LogP contribution in [0.5, 0.6) is 0 Å². The first-order valence-electron chi connectivity index (χ1n) is 5.37. The van der Waals surface area contributed by atoms with Crippen LogP contribution < -0.4 is 10.6 Å². The number of nitrogens with one attached hydrogen (secondary N) is 2. The lowest BCUT2D eigenvalue weighted by molar-refractivity contribution is -0.117. The molecule has 2 unspecified atom stereocenters. The molecular weight excluding hydrogens is 245 g/mol. The number of aryl methyl sites for hydroxylation is 1. The first-order chi connectivity index (χ1) is 8.06. The molecular formula is C11H13ClFN3O. The molecule has 1 amide bonds. The zero-order chi connectivity index (χ0) is 12.4. The maximum absolute atomic E-state index is 12.9. The topological polar surface area (TPSA) is 54.0 Å². The summed E-state index contributed by atoms with van der Waals surface area (Å²) in [5.41, 5.74) is 0.817. The van der Waals surface area contributed by atoms with E-state index < -0.39 is 12.2 Å². The van der Waals surface area contributed by atoms with E-state index in [1.54, 1.807) is 12.1 Å². The number of nitrogens with zero attached hydrogens (tertiary/aromatic N) is 1. The van der Waals surface area contributed by atoms with Crippen LogP contribution in [0.25, 0.3) is 0 Å². The molecule has 6 heteroatoms. The van der Waals surface area contributed by atoms with Gasteiger partial charge in [0, 0.05) is 13.0 Å². The Hall–Kier alpha value is -1.20. The van der Waals surface area contributed by atoms with Crippen LogP contribution in [0.3, 0.4) is 0 Å². The summed E-state index contributed by atoms with van der Waals surface area (Å²) in [6.07, 6.45) is -0.759. The maximum atomic E-state index is 12.9. The highest BCUT2D eigenvalue weighted by atomic mass is 35.5. The second-order valence-electron chi connectivity index (χ2n) is 4.08. The molecule has 1 aromatic rings. The third-order valence-electron chi connectivity index (χ3n) is 2.70. The number of hydrogen-bond acceptors (Lipinski definition) is 3. The summed E-state index contributed by atoms with van der Waals surface area (Å²) in [4.78, 5) is 15.8. The van der Waals surface area contributed by atoms with Crippen molar-refractivity contribution in [1.29, 1.82) is 0 Å². The summed E-state index contributed by atoms with van der Waals surface area (Å²) in [5.74, 6) is 0.148. The summed E-state index contributed by atoms with van der Waals surface area (Å²) in [7, 11) is 0. The third-order valence-corrected chi connectivity index (χ3v) is 2.91. The summed E-state index contributed by atoms with van der Waals surface area (Å²) in [6, 6.07) is 2.92. The van der Waals surface area contributed by atoms with Gasteiger partial charge in [-0.2, -0.15) is 0 Å². The number of anilines is 1. The normalized spacial score (nSPS) is 23.7. The fraction of sp³-hybridized carbons (Fsp3) is 0.455. The minimum absolute atomic E-state index is 0.200. The quantitative estimate of drug-likeness (QED) is 0.793. The number of alkyl halides is 1. The number of carbonyl (C=O) groups excluding carboxylic acids is 1. The van der Waals surface area contributed by atoms with Gasteiger partial charge >= 0.3 is 0 Å². The number of carbonyl (C=O) groups is 1. The van der Waals surface area contributed by atoms with E-state index in [4.69, 9.17) is 11.6 Å². The molecule has 2 atom stereocenters. The van der Waals surface area contributed by atoms with Gasteiger partial charge in [0.2, 0.25) is 5.91 Å². The number of hydrogen-bond donors (Lipinski definition) is 2. The van der Waals surface area contributed by atoms with Crippen molar-refractivity contribution < 1.29 is 9.18 Å². The van der Waals surface area contributed by atoms with E-state index in [0.717, 1.165) is 5.56 Å². The standard InChI is InChI=1S/C11H13ClFN3O/c1-6-2-3-9(12)15-10(6)16-11(17)8-4-7(13)5-14-8/h2-3,7-8,14H,4-5H2,1H3,(H,15,16,17). The van der Waals surface area contributed by atoms with Crippen LogP contribution in [0.4, 0.5) is 10.2 Å². The molecule has 92 valence electrons. The van der Waals surface area contributed by atoms with Gasteiger partial charge in [-0.25, -0.2) is 9.37 Å². The SMILES string of the molecule is Cc1ccc(Cl)nc1NC(=O)C1CC(F)CN1. The molecule has 4 nitrogen and oxygen atoms in total. The van der Waals surface area contributed by atoms with Crippen molar-refractivity contribution in [3.8, 4) is 0 Å². The van der Waals surface area contributed by atoms with Crippen LogP contribution in [0, 0.1) is 6.92 Å². The highest BCUT2D eigenvalue weighted by Gasteiger charge is 2.29. The molecule has 2 heterocycles. The second kappa shape index (κ2) is 4.98. The number of aromatic nitrogens is 1. The Labute approximate surface area is 104 Å². The zero-order valence-corrected chi connectivity index (χ0v) is 10.1. The lowest BCUT2D eigenvalue weighted by Gasteiger charge is -2.11. The molecule has 1 saturated heterocycles. The van der Waals surface area contributed by atoms with E-state index in [1.807, 2.05) is 6.92 Å². The van der Waals surface area contributed by atoms with Gasteiger partial charge in [0.1, 0.15) is 17.1 Å². The predicted molar refractivity (Wildman–Crippen MR) is 63.9 cm³/mol. The minimum atomic E-state index is -0.959. The van der Waals surface area contributed by atoms with Crippen LogP contribution in [0.2, 0.25) is 5.15 Å². The van der Waals surface area contributed by atoms with Crippen LogP contribution in [-0.2, 0) is 4.79 Å². The summed E-state index contributed by atoms with van der Waals surface area (Å²) < 4.78 is 12.9. The average Bonchev–Trinajstić information content (AvgIpc) is 2.70. The molecule has 0 radical (unpaired) electrons. The lowest BCUT2D eigenvalue weighted by atomic mass is 10.2. The van der Waals surface area contributed by atoms with Crippen molar-refractivity contribution in [2.75, 3.05) is 11.9 Å². The van der Waals surface area contributed by atoms with Crippen molar-refractivity contribution in [3.05, 3.63) is 22.8 Å². The van der Waals surface area contributed by atoms with Gasteiger partial charge in [-0.15, -0.1) is 0 Å². The molecule has 2 rings (SSSR count). The molecule has 0 aliphatic carbocycles. The largest absolute Gasteiger partial charge is 0.309 e.